The number of hydrogen-bond acceptors (Lipinski definition) is 1. The first-order valence-corrected chi connectivity index (χ1v) is 2.96. The Bertz CT molecular complexity index is 397. The van der Waals surface area contributed by atoms with E-state index in [0.717, 1.165) is 0 Å². The Hall–Kier alpha value is -1.75. The highest BCUT2D eigenvalue weighted by molar-refractivity contribution is 5.40. The number of azide groups is 1. The fourth-order valence-corrected chi connectivity index (χ4v) is 0.693. The lowest BCUT2D eigenvalue weighted by atomic mass is 10.3. The zero-order chi connectivity index (χ0) is 10.0. The molecule has 68 valence electrons. The van der Waals surface area contributed by atoms with E-state index in [2.05, 4.69) is 10.0 Å². The van der Waals surface area contributed by atoms with E-state index in [1.807, 2.05) is 0 Å². The first-order valence-electron chi connectivity index (χ1n) is 2.96. The number of halogens is 4. The predicted octanol–water partition coefficient (Wildman–Crippen LogP) is 3.18. The summed E-state index contributed by atoms with van der Waals surface area (Å²) in [4.78, 5) is 2.05. The van der Waals surface area contributed by atoms with Crippen molar-refractivity contribution in [2.75, 3.05) is 0 Å². The average molecular weight is 191 g/mol. The van der Waals surface area contributed by atoms with Gasteiger partial charge in [0.2, 0.25) is 0 Å². The van der Waals surface area contributed by atoms with Crippen LogP contribution in [0.3, 0.4) is 0 Å². The van der Waals surface area contributed by atoms with Crippen molar-refractivity contribution in [2.45, 2.75) is 0 Å². The standard InChI is InChI=1S/C6HF4N3/c7-2-1-3(8)6(12-13-11)5(10)4(2)9/h1H. The third-order valence-corrected chi connectivity index (χ3v) is 1.23. The molecule has 0 bridgehead atoms. The molecule has 0 unspecified atom stereocenters. The molecule has 0 spiro atoms. The van der Waals surface area contributed by atoms with Crippen LogP contribution in [-0.4, -0.2) is 0 Å². The van der Waals surface area contributed by atoms with Gasteiger partial charge in [-0.15, -0.1) is 0 Å². The quantitative estimate of drug-likeness (QED) is 0.163. The van der Waals surface area contributed by atoms with Gasteiger partial charge in [-0.25, -0.2) is 17.6 Å². The zero-order valence-corrected chi connectivity index (χ0v) is 5.93. The minimum atomic E-state index is -1.87. The van der Waals surface area contributed by atoms with Gasteiger partial charge in [-0.3, -0.25) is 0 Å². The molecule has 1 rings (SSSR count). The molecule has 0 amide bonds. The lowest BCUT2D eigenvalue weighted by Gasteiger charge is -1.99. The summed E-state index contributed by atoms with van der Waals surface area (Å²) >= 11 is 0. The summed E-state index contributed by atoms with van der Waals surface area (Å²) < 4.78 is 49.8. The second-order valence-electron chi connectivity index (χ2n) is 2.01. The third kappa shape index (κ3) is 1.54. The lowest BCUT2D eigenvalue weighted by Crippen LogP contribution is -1.93. The summed E-state index contributed by atoms with van der Waals surface area (Å²) in [5.41, 5.74) is 6.66. The molecule has 0 atom stereocenters. The maximum Gasteiger partial charge on any atom is 0.195 e. The largest absolute Gasteiger partial charge is 0.206 e. The summed E-state index contributed by atoms with van der Waals surface area (Å²) in [6.07, 6.45) is 0. The van der Waals surface area contributed by atoms with Crippen molar-refractivity contribution in [1.82, 2.24) is 0 Å². The van der Waals surface area contributed by atoms with Gasteiger partial charge < -0.3 is 0 Å². The molecule has 1 aromatic rings. The van der Waals surface area contributed by atoms with Gasteiger partial charge in [0.15, 0.2) is 17.5 Å². The monoisotopic (exact) mass is 191 g/mol. The van der Waals surface area contributed by atoms with E-state index in [0.29, 0.717) is 0 Å². The van der Waals surface area contributed by atoms with Crippen LogP contribution in [0.2, 0.25) is 0 Å². The Morgan fingerprint density at radius 3 is 2.23 bits per heavy atom. The fourth-order valence-electron chi connectivity index (χ4n) is 0.693. The van der Waals surface area contributed by atoms with Crippen LogP contribution in [0, 0.1) is 23.3 Å². The molecule has 0 aliphatic heterocycles. The molecule has 0 saturated carbocycles. The number of benzene rings is 1. The van der Waals surface area contributed by atoms with E-state index >= 15 is 0 Å². The molecule has 0 N–H and O–H groups in total. The normalized spacial score (nSPS) is 9.54. The summed E-state index contributed by atoms with van der Waals surface area (Å²) in [5, 5.41) is 2.53. The van der Waals surface area contributed by atoms with Gasteiger partial charge in [-0.05, 0) is 5.53 Å². The molecule has 3 nitrogen and oxygen atoms in total. The van der Waals surface area contributed by atoms with Crippen LogP contribution in [0.1, 0.15) is 0 Å². The molecular formula is C6HF4N3. The van der Waals surface area contributed by atoms with Gasteiger partial charge in [0, 0.05) is 11.0 Å². The van der Waals surface area contributed by atoms with E-state index in [-0.39, 0.29) is 6.07 Å². The maximum absolute atomic E-state index is 12.6. The molecule has 0 aliphatic rings. The van der Waals surface area contributed by atoms with Crippen LogP contribution >= 0.6 is 0 Å². The molecule has 7 heteroatoms. The molecule has 0 aliphatic carbocycles. The van der Waals surface area contributed by atoms with E-state index in [1.54, 1.807) is 0 Å². The highest BCUT2D eigenvalue weighted by Gasteiger charge is 2.17. The van der Waals surface area contributed by atoms with Crippen LogP contribution in [-0.2, 0) is 0 Å². The van der Waals surface area contributed by atoms with Crippen molar-refractivity contribution in [1.29, 1.82) is 0 Å². The Morgan fingerprint density at radius 2 is 1.69 bits per heavy atom. The minimum absolute atomic E-state index is 0.0996. The van der Waals surface area contributed by atoms with Crippen molar-refractivity contribution < 1.29 is 17.6 Å². The van der Waals surface area contributed by atoms with Crippen molar-refractivity contribution in [3.8, 4) is 0 Å². The van der Waals surface area contributed by atoms with E-state index in [4.69, 9.17) is 5.53 Å². The van der Waals surface area contributed by atoms with Gasteiger partial charge >= 0.3 is 0 Å². The molecule has 0 radical (unpaired) electrons. The first kappa shape index (κ1) is 9.34. The van der Waals surface area contributed by atoms with Gasteiger partial charge in [0.05, 0.1) is 0 Å². The summed E-state index contributed by atoms with van der Waals surface area (Å²) in [6, 6.07) is 0.0996. The van der Waals surface area contributed by atoms with Crippen molar-refractivity contribution in [2.24, 2.45) is 5.11 Å². The molecule has 1 aromatic carbocycles. The van der Waals surface area contributed by atoms with Gasteiger partial charge in [-0.1, -0.05) is 5.11 Å². The van der Waals surface area contributed by atoms with E-state index in [9.17, 15) is 17.6 Å². The highest BCUT2D eigenvalue weighted by Crippen LogP contribution is 2.26. The lowest BCUT2D eigenvalue weighted by molar-refractivity contribution is 0.436. The van der Waals surface area contributed by atoms with Crippen LogP contribution in [0.4, 0.5) is 23.2 Å². The first-order chi connectivity index (χ1) is 6.07. The predicted molar refractivity (Wildman–Crippen MR) is 35.1 cm³/mol. The second kappa shape index (κ2) is 3.32. The fraction of sp³-hybridized carbons (Fsp3) is 0. The Labute approximate surface area is 69.2 Å². The summed E-state index contributed by atoms with van der Waals surface area (Å²) in [5.74, 6) is -6.83. The van der Waals surface area contributed by atoms with Gasteiger partial charge in [0.1, 0.15) is 11.5 Å². The van der Waals surface area contributed by atoms with Crippen LogP contribution in [0.15, 0.2) is 11.2 Å². The zero-order valence-electron chi connectivity index (χ0n) is 5.93. The second-order valence-corrected chi connectivity index (χ2v) is 2.01. The minimum Gasteiger partial charge on any atom is -0.206 e. The molecule has 0 heterocycles. The topological polar surface area (TPSA) is 48.8 Å². The Morgan fingerprint density at radius 1 is 1.08 bits per heavy atom. The molecule has 0 fully saturated rings. The van der Waals surface area contributed by atoms with E-state index < -0.39 is 29.0 Å². The van der Waals surface area contributed by atoms with Gasteiger partial charge in [0.25, 0.3) is 0 Å². The number of nitrogens with zero attached hydrogens (tertiary/aromatic N) is 3. The highest BCUT2D eigenvalue weighted by atomic mass is 19.2. The van der Waals surface area contributed by atoms with Crippen LogP contribution < -0.4 is 0 Å². The summed E-state index contributed by atoms with van der Waals surface area (Å²) in [7, 11) is 0. The van der Waals surface area contributed by atoms with Crippen LogP contribution in [0.25, 0.3) is 10.4 Å². The third-order valence-electron chi connectivity index (χ3n) is 1.23. The molecule has 13 heavy (non-hydrogen) atoms. The molecule has 0 saturated heterocycles. The average Bonchev–Trinajstić information content (AvgIpc) is 2.09. The van der Waals surface area contributed by atoms with E-state index in [1.165, 1.54) is 0 Å². The molecular weight excluding hydrogens is 190 g/mol. The number of hydrogen-bond donors (Lipinski definition) is 0. The summed E-state index contributed by atoms with van der Waals surface area (Å²) in [6.45, 7) is 0. The smallest absolute Gasteiger partial charge is 0.195 e. The Balaban J connectivity index is 3.52. The molecule has 0 aromatic heterocycles. The van der Waals surface area contributed by atoms with Crippen molar-refractivity contribution in [3.05, 3.63) is 39.8 Å². The SMILES string of the molecule is [N-]=[N+]=Nc1c(F)cc(F)c(F)c1F. The van der Waals surface area contributed by atoms with Gasteiger partial charge in [-0.2, -0.15) is 0 Å². The van der Waals surface area contributed by atoms with Crippen molar-refractivity contribution >= 4 is 5.69 Å². The van der Waals surface area contributed by atoms with Crippen LogP contribution in [0.5, 0.6) is 0 Å². The Kier molecular flexibility index (Phi) is 2.39. The van der Waals surface area contributed by atoms with Crippen molar-refractivity contribution in [3.63, 3.8) is 0 Å². The maximum atomic E-state index is 12.6. The number of rotatable bonds is 1.